The van der Waals surface area contributed by atoms with E-state index in [-0.39, 0.29) is 23.4 Å². The molecular formula is C21H22FN3O4. The maximum absolute atomic E-state index is 13.8. The predicted molar refractivity (Wildman–Crippen MR) is 105 cm³/mol. The zero-order valence-electron chi connectivity index (χ0n) is 16.4. The first-order valence-corrected chi connectivity index (χ1v) is 9.02. The Labute approximate surface area is 168 Å². The van der Waals surface area contributed by atoms with Crippen molar-refractivity contribution in [1.82, 2.24) is 14.8 Å². The zero-order valence-corrected chi connectivity index (χ0v) is 16.4. The predicted octanol–water partition coefficient (Wildman–Crippen LogP) is 2.21. The zero-order chi connectivity index (χ0) is 21.1. The number of carbonyl (C=O) groups is 2. The highest BCUT2D eigenvalue weighted by Gasteiger charge is 2.46. The molecule has 1 aromatic heterocycles. The van der Waals surface area contributed by atoms with E-state index in [1.54, 1.807) is 24.5 Å². The molecule has 1 amide bonds. The lowest BCUT2D eigenvalue weighted by Gasteiger charge is -2.26. The van der Waals surface area contributed by atoms with Crippen LogP contribution in [0.25, 0.3) is 5.76 Å². The molecule has 1 saturated heterocycles. The van der Waals surface area contributed by atoms with Crippen LogP contribution in [-0.4, -0.2) is 65.9 Å². The number of ketones is 1. The number of Topliss-reactive ketones (excluding diaryl/α,β-unsaturated/α-hetero) is 1. The fraction of sp³-hybridized carbons (Fsp3) is 0.286. The largest absolute Gasteiger partial charge is 0.507 e. The van der Waals surface area contributed by atoms with Crippen molar-refractivity contribution in [3.8, 4) is 5.75 Å². The molecule has 0 unspecified atom stereocenters. The van der Waals surface area contributed by atoms with Gasteiger partial charge in [-0.1, -0.05) is 0 Å². The number of benzene rings is 1. The SMILES string of the molecule is COc1ccc(F)cc1C(O)=C1C(=O)C(=O)N(CCN(C)C)[C@H]1c1ccncc1. The number of aliphatic hydroxyl groups is 1. The smallest absolute Gasteiger partial charge is 0.295 e. The van der Waals surface area contributed by atoms with Crippen LogP contribution in [0.4, 0.5) is 4.39 Å². The molecule has 0 saturated carbocycles. The minimum Gasteiger partial charge on any atom is -0.507 e. The van der Waals surface area contributed by atoms with Gasteiger partial charge in [0.1, 0.15) is 17.3 Å². The Hall–Kier alpha value is -3.26. The summed E-state index contributed by atoms with van der Waals surface area (Å²) in [4.78, 5) is 32.9. The highest BCUT2D eigenvalue weighted by atomic mass is 19.1. The van der Waals surface area contributed by atoms with Crippen LogP contribution in [0.5, 0.6) is 5.75 Å². The number of hydrogen-bond donors (Lipinski definition) is 1. The van der Waals surface area contributed by atoms with Crippen LogP contribution in [0.3, 0.4) is 0 Å². The molecule has 0 spiro atoms. The van der Waals surface area contributed by atoms with Crippen molar-refractivity contribution < 1.29 is 23.8 Å². The quantitative estimate of drug-likeness (QED) is 0.456. The van der Waals surface area contributed by atoms with E-state index in [4.69, 9.17) is 4.74 Å². The lowest BCUT2D eigenvalue weighted by Crippen LogP contribution is -2.35. The number of likely N-dealkylation sites (tertiary alicyclic amines) is 1. The van der Waals surface area contributed by atoms with Crippen LogP contribution in [0.15, 0.2) is 48.3 Å². The Balaban J connectivity index is 2.19. The number of aromatic nitrogens is 1. The van der Waals surface area contributed by atoms with E-state index in [0.717, 1.165) is 6.07 Å². The Kier molecular flexibility index (Phi) is 5.93. The maximum atomic E-state index is 13.8. The van der Waals surface area contributed by atoms with E-state index in [0.29, 0.717) is 12.1 Å². The van der Waals surface area contributed by atoms with Crippen LogP contribution >= 0.6 is 0 Å². The molecule has 152 valence electrons. The molecular weight excluding hydrogens is 377 g/mol. The molecule has 1 atom stereocenters. The normalized spacial score (nSPS) is 18.5. The second kappa shape index (κ2) is 8.40. The second-order valence-electron chi connectivity index (χ2n) is 6.92. The fourth-order valence-corrected chi connectivity index (χ4v) is 3.32. The lowest BCUT2D eigenvalue weighted by molar-refractivity contribution is -0.140. The number of amides is 1. The average Bonchev–Trinajstić information content (AvgIpc) is 2.97. The molecule has 1 aliphatic heterocycles. The van der Waals surface area contributed by atoms with Gasteiger partial charge in [0, 0.05) is 25.5 Å². The third kappa shape index (κ3) is 3.97. The van der Waals surface area contributed by atoms with Crippen molar-refractivity contribution in [3.63, 3.8) is 0 Å². The molecule has 29 heavy (non-hydrogen) atoms. The molecule has 7 nitrogen and oxygen atoms in total. The number of rotatable bonds is 6. The molecule has 0 aliphatic carbocycles. The molecule has 1 aromatic carbocycles. The first kappa shape index (κ1) is 20.5. The minimum atomic E-state index is -0.825. The van der Waals surface area contributed by atoms with Crippen molar-refractivity contribution >= 4 is 17.4 Å². The Morgan fingerprint density at radius 2 is 1.93 bits per heavy atom. The highest BCUT2D eigenvalue weighted by molar-refractivity contribution is 6.46. The number of pyridine rings is 1. The van der Waals surface area contributed by atoms with Gasteiger partial charge in [-0.3, -0.25) is 14.6 Å². The highest BCUT2D eigenvalue weighted by Crippen LogP contribution is 2.40. The number of halogens is 1. The van der Waals surface area contributed by atoms with Gasteiger partial charge >= 0.3 is 0 Å². The van der Waals surface area contributed by atoms with Crippen LogP contribution in [0.1, 0.15) is 17.2 Å². The van der Waals surface area contributed by atoms with Gasteiger partial charge in [-0.05, 0) is 50.0 Å². The summed E-state index contributed by atoms with van der Waals surface area (Å²) in [6, 6.07) is 6.15. The van der Waals surface area contributed by atoms with Gasteiger partial charge in [-0.15, -0.1) is 0 Å². The van der Waals surface area contributed by atoms with Crippen LogP contribution in [0, 0.1) is 5.82 Å². The van der Waals surface area contributed by atoms with Gasteiger partial charge in [-0.2, -0.15) is 0 Å². The molecule has 8 heteroatoms. The monoisotopic (exact) mass is 399 g/mol. The van der Waals surface area contributed by atoms with Gasteiger partial charge in [0.25, 0.3) is 11.7 Å². The molecule has 2 heterocycles. The average molecular weight is 399 g/mol. The number of nitrogens with zero attached hydrogens (tertiary/aromatic N) is 3. The van der Waals surface area contributed by atoms with Crippen LogP contribution < -0.4 is 4.74 Å². The summed E-state index contributed by atoms with van der Waals surface area (Å²) in [5.74, 6) is -2.43. The van der Waals surface area contributed by atoms with Crippen molar-refractivity contribution in [3.05, 3.63) is 65.2 Å². The molecule has 1 N–H and O–H groups in total. The first-order valence-electron chi connectivity index (χ1n) is 9.02. The molecule has 0 radical (unpaired) electrons. The minimum absolute atomic E-state index is 0.0113. The topological polar surface area (TPSA) is 83.0 Å². The number of aliphatic hydroxyl groups excluding tert-OH is 1. The van der Waals surface area contributed by atoms with E-state index in [1.807, 2.05) is 19.0 Å². The number of hydrogen-bond acceptors (Lipinski definition) is 6. The number of likely N-dealkylation sites (N-methyl/N-ethyl adjacent to an activating group) is 1. The Morgan fingerprint density at radius 1 is 1.24 bits per heavy atom. The molecule has 1 fully saturated rings. The van der Waals surface area contributed by atoms with E-state index >= 15 is 0 Å². The molecule has 3 rings (SSSR count). The van der Waals surface area contributed by atoms with E-state index in [9.17, 15) is 19.1 Å². The van der Waals surface area contributed by atoms with E-state index < -0.39 is 29.3 Å². The van der Waals surface area contributed by atoms with Crippen molar-refractivity contribution in [2.45, 2.75) is 6.04 Å². The van der Waals surface area contributed by atoms with Gasteiger partial charge in [0.15, 0.2) is 0 Å². The summed E-state index contributed by atoms with van der Waals surface area (Å²) in [6.45, 7) is 0.805. The summed E-state index contributed by atoms with van der Waals surface area (Å²) < 4.78 is 19.0. The molecule has 1 aliphatic rings. The third-order valence-corrected chi connectivity index (χ3v) is 4.77. The lowest BCUT2D eigenvalue weighted by atomic mass is 9.95. The molecule has 2 aromatic rings. The Bertz CT molecular complexity index is 960. The summed E-state index contributed by atoms with van der Waals surface area (Å²) in [7, 11) is 5.09. The Morgan fingerprint density at radius 3 is 2.55 bits per heavy atom. The van der Waals surface area contributed by atoms with Crippen molar-refractivity contribution in [2.75, 3.05) is 34.3 Å². The number of methoxy groups -OCH3 is 1. The van der Waals surface area contributed by atoms with Gasteiger partial charge in [0.05, 0.1) is 24.3 Å². The summed E-state index contributed by atoms with van der Waals surface area (Å²) in [5, 5.41) is 11.0. The second-order valence-corrected chi connectivity index (χ2v) is 6.92. The van der Waals surface area contributed by atoms with E-state index in [2.05, 4.69) is 4.98 Å². The van der Waals surface area contributed by atoms with Crippen LogP contribution in [-0.2, 0) is 9.59 Å². The maximum Gasteiger partial charge on any atom is 0.295 e. The van der Waals surface area contributed by atoms with Crippen LogP contribution in [0.2, 0.25) is 0 Å². The summed E-state index contributed by atoms with van der Waals surface area (Å²) in [6.07, 6.45) is 3.09. The van der Waals surface area contributed by atoms with Crippen molar-refractivity contribution in [2.24, 2.45) is 0 Å². The van der Waals surface area contributed by atoms with Gasteiger partial charge in [0.2, 0.25) is 0 Å². The summed E-state index contributed by atoms with van der Waals surface area (Å²) in [5.41, 5.74) is 0.524. The van der Waals surface area contributed by atoms with Crippen molar-refractivity contribution in [1.29, 1.82) is 0 Å². The summed E-state index contributed by atoms with van der Waals surface area (Å²) >= 11 is 0. The number of ether oxygens (including phenoxy) is 1. The standard InChI is InChI=1S/C21H22FN3O4/c1-24(2)10-11-25-18(13-6-8-23-9-7-13)17(20(27)21(25)28)19(26)15-12-14(22)4-5-16(15)29-3/h4-9,12,18,26H,10-11H2,1-3H3/t18-/m0/s1. The molecule has 0 bridgehead atoms. The van der Waals surface area contributed by atoms with Gasteiger partial charge in [-0.25, -0.2) is 4.39 Å². The third-order valence-electron chi connectivity index (χ3n) is 4.77. The fourth-order valence-electron chi connectivity index (χ4n) is 3.32. The number of carbonyl (C=O) groups excluding carboxylic acids is 2. The van der Waals surface area contributed by atoms with E-state index in [1.165, 1.54) is 24.1 Å². The van der Waals surface area contributed by atoms with Gasteiger partial charge < -0.3 is 19.6 Å². The first-order chi connectivity index (χ1) is 13.8.